The number of benzene rings is 1. The number of nitrogens with zero attached hydrogens (tertiary/aromatic N) is 4. The quantitative estimate of drug-likeness (QED) is 0.663. The van der Waals surface area contributed by atoms with Gasteiger partial charge in [-0.2, -0.15) is 0 Å². The van der Waals surface area contributed by atoms with Gasteiger partial charge >= 0.3 is 0 Å². The molecule has 0 saturated carbocycles. The lowest BCUT2D eigenvalue weighted by atomic mass is 9.97. The number of amides is 1. The van der Waals surface area contributed by atoms with Crippen molar-refractivity contribution < 1.29 is 4.79 Å². The Morgan fingerprint density at radius 2 is 2.04 bits per heavy atom. The Morgan fingerprint density at radius 3 is 2.92 bits per heavy atom. The van der Waals surface area contributed by atoms with Crippen molar-refractivity contribution in [1.29, 1.82) is 0 Å². The topological polar surface area (TPSA) is 50.5 Å². The van der Waals surface area contributed by atoms with E-state index in [9.17, 15) is 4.79 Å². The van der Waals surface area contributed by atoms with E-state index in [1.54, 1.807) is 11.8 Å². The highest BCUT2D eigenvalue weighted by Gasteiger charge is 2.27. The second kappa shape index (κ2) is 7.50. The number of fused-ring (bicyclic) bond motifs is 1. The molecular formula is C20H22N4OS. The number of hydrogen-bond acceptors (Lipinski definition) is 4. The fourth-order valence-corrected chi connectivity index (χ4v) is 4.43. The zero-order valence-corrected chi connectivity index (χ0v) is 15.7. The Hall–Kier alpha value is -2.34. The van der Waals surface area contributed by atoms with Gasteiger partial charge in [-0.15, -0.1) is 22.0 Å². The highest BCUT2D eigenvalue weighted by molar-refractivity contribution is 8.00. The van der Waals surface area contributed by atoms with E-state index in [2.05, 4.69) is 29.3 Å². The first-order valence-electron chi connectivity index (χ1n) is 8.98. The third kappa shape index (κ3) is 3.46. The van der Waals surface area contributed by atoms with Crippen molar-refractivity contribution in [3.63, 3.8) is 0 Å². The monoisotopic (exact) mass is 366 g/mol. The molecule has 0 aliphatic carbocycles. The normalized spacial score (nSPS) is 17.6. The molecule has 1 aromatic carbocycles. The minimum absolute atomic E-state index is 0.205. The molecule has 1 unspecified atom stereocenters. The first-order valence-corrected chi connectivity index (χ1v) is 9.97. The number of rotatable bonds is 4. The van der Waals surface area contributed by atoms with Crippen LogP contribution in [0.4, 0.5) is 0 Å². The maximum absolute atomic E-state index is 12.7. The number of aromatic nitrogens is 3. The largest absolute Gasteiger partial charge is 0.341 e. The molecule has 1 aliphatic rings. The number of carbonyl (C=O) groups excluding carboxylic acids is 1. The Kier molecular flexibility index (Phi) is 4.93. The lowest BCUT2D eigenvalue weighted by Gasteiger charge is -2.32. The second-order valence-electron chi connectivity index (χ2n) is 6.72. The van der Waals surface area contributed by atoms with Gasteiger partial charge in [0, 0.05) is 30.1 Å². The van der Waals surface area contributed by atoms with E-state index in [0.29, 0.717) is 5.75 Å². The molecule has 4 rings (SSSR count). The Labute approximate surface area is 157 Å². The van der Waals surface area contributed by atoms with E-state index in [4.69, 9.17) is 0 Å². The third-order valence-corrected chi connectivity index (χ3v) is 6.08. The van der Waals surface area contributed by atoms with Crippen LogP contribution < -0.4 is 0 Å². The fraction of sp³-hybridized carbons (Fsp3) is 0.350. The van der Waals surface area contributed by atoms with Gasteiger partial charge in [0.2, 0.25) is 5.91 Å². The number of thioether (sulfide) groups is 1. The van der Waals surface area contributed by atoms with Gasteiger partial charge in [0.15, 0.2) is 5.65 Å². The summed E-state index contributed by atoms with van der Waals surface area (Å²) in [6.45, 7) is 3.64. The van der Waals surface area contributed by atoms with E-state index in [0.717, 1.165) is 37.4 Å². The van der Waals surface area contributed by atoms with Crippen molar-refractivity contribution in [3.05, 3.63) is 60.0 Å². The molecule has 3 aromatic rings. The van der Waals surface area contributed by atoms with Gasteiger partial charge in [-0.05, 0) is 43.5 Å². The maximum Gasteiger partial charge on any atom is 0.232 e. The van der Waals surface area contributed by atoms with E-state index < -0.39 is 0 Å². The van der Waals surface area contributed by atoms with Gasteiger partial charge in [-0.25, -0.2) is 0 Å². The lowest BCUT2D eigenvalue weighted by Crippen LogP contribution is -2.40. The molecule has 0 N–H and O–H groups in total. The summed E-state index contributed by atoms with van der Waals surface area (Å²) < 4.78 is 2.04. The smallest absolute Gasteiger partial charge is 0.232 e. The summed E-state index contributed by atoms with van der Waals surface area (Å²) in [6.07, 6.45) is 4.05. The highest BCUT2D eigenvalue weighted by Crippen LogP contribution is 2.28. The third-order valence-electron chi connectivity index (χ3n) is 4.92. The Balaban J connectivity index is 1.43. The molecule has 134 valence electrons. The van der Waals surface area contributed by atoms with E-state index in [1.165, 1.54) is 10.5 Å². The second-order valence-corrected chi connectivity index (χ2v) is 7.74. The van der Waals surface area contributed by atoms with Crippen molar-refractivity contribution in [3.8, 4) is 0 Å². The van der Waals surface area contributed by atoms with E-state index >= 15 is 0 Å². The number of hydrogen-bond donors (Lipinski definition) is 0. The van der Waals surface area contributed by atoms with Crippen molar-refractivity contribution in [1.82, 2.24) is 19.5 Å². The van der Waals surface area contributed by atoms with Gasteiger partial charge in [-0.3, -0.25) is 9.20 Å². The van der Waals surface area contributed by atoms with Crippen molar-refractivity contribution in [2.75, 3.05) is 18.8 Å². The molecule has 0 bridgehead atoms. The lowest BCUT2D eigenvalue weighted by molar-refractivity contribution is -0.129. The molecule has 1 saturated heterocycles. The summed E-state index contributed by atoms with van der Waals surface area (Å²) >= 11 is 1.63. The van der Waals surface area contributed by atoms with Gasteiger partial charge in [0.1, 0.15) is 5.82 Å². The van der Waals surface area contributed by atoms with Gasteiger partial charge in [0.05, 0.1) is 5.75 Å². The number of aryl methyl sites for hydroxylation is 1. The average molecular weight is 366 g/mol. The molecule has 5 nitrogen and oxygen atoms in total. The summed E-state index contributed by atoms with van der Waals surface area (Å²) in [5.41, 5.74) is 2.08. The summed E-state index contributed by atoms with van der Waals surface area (Å²) in [6, 6.07) is 14.1. The van der Waals surface area contributed by atoms with Crippen molar-refractivity contribution in [2.24, 2.45) is 0 Å². The summed E-state index contributed by atoms with van der Waals surface area (Å²) in [7, 11) is 0. The van der Waals surface area contributed by atoms with Crippen LogP contribution in [0.15, 0.2) is 53.6 Å². The zero-order chi connectivity index (χ0) is 17.9. The molecule has 1 atom stereocenters. The molecule has 2 aromatic heterocycles. The summed E-state index contributed by atoms with van der Waals surface area (Å²) in [5.74, 6) is 1.90. The molecule has 0 radical (unpaired) electrons. The first-order chi connectivity index (χ1) is 12.7. The van der Waals surface area contributed by atoms with E-state index in [1.807, 2.05) is 45.8 Å². The van der Waals surface area contributed by atoms with Crippen molar-refractivity contribution >= 4 is 23.3 Å². The van der Waals surface area contributed by atoms with Gasteiger partial charge < -0.3 is 4.90 Å². The molecule has 1 aliphatic heterocycles. The summed E-state index contributed by atoms with van der Waals surface area (Å²) in [4.78, 5) is 15.9. The predicted molar refractivity (Wildman–Crippen MR) is 103 cm³/mol. The van der Waals surface area contributed by atoms with Crippen LogP contribution in [-0.4, -0.2) is 44.2 Å². The number of likely N-dealkylation sites (tertiary alicyclic amines) is 1. The van der Waals surface area contributed by atoms with Crippen LogP contribution in [0.25, 0.3) is 5.65 Å². The standard InChI is InChI=1S/C20H22N4OS/c1-15-7-2-3-9-17(15)26-14-19(25)23-11-6-8-16(13-23)20-22-21-18-10-4-5-12-24(18)20/h2-5,7,9-10,12,16H,6,8,11,13-14H2,1H3. The highest BCUT2D eigenvalue weighted by atomic mass is 32.2. The molecule has 0 spiro atoms. The van der Waals surface area contributed by atoms with Crippen LogP contribution in [0.5, 0.6) is 0 Å². The number of carbonyl (C=O) groups is 1. The zero-order valence-electron chi connectivity index (χ0n) is 14.8. The predicted octanol–water partition coefficient (Wildman–Crippen LogP) is 3.54. The number of piperidine rings is 1. The summed E-state index contributed by atoms with van der Waals surface area (Å²) in [5, 5.41) is 8.64. The van der Waals surface area contributed by atoms with Crippen molar-refractivity contribution in [2.45, 2.75) is 30.6 Å². The van der Waals surface area contributed by atoms with Crippen LogP contribution >= 0.6 is 11.8 Å². The molecular weight excluding hydrogens is 344 g/mol. The number of pyridine rings is 1. The molecule has 6 heteroatoms. The van der Waals surface area contributed by atoms with Crippen LogP contribution in [-0.2, 0) is 4.79 Å². The Morgan fingerprint density at radius 1 is 1.19 bits per heavy atom. The Bertz CT molecular complexity index is 923. The SMILES string of the molecule is Cc1ccccc1SCC(=O)N1CCCC(c2nnc3ccccn23)C1. The minimum Gasteiger partial charge on any atom is -0.341 e. The molecule has 1 fully saturated rings. The van der Waals surface area contributed by atoms with Crippen LogP contribution in [0.1, 0.15) is 30.1 Å². The average Bonchev–Trinajstić information content (AvgIpc) is 3.11. The van der Waals surface area contributed by atoms with Crippen LogP contribution in [0, 0.1) is 6.92 Å². The molecule has 1 amide bonds. The molecule has 3 heterocycles. The maximum atomic E-state index is 12.7. The molecule has 26 heavy (non-hydrogen) atoms. The fourth-order valence-electron chi connectivity index (χ4n) is 3.50. The first kappa shape index (κ1) is 17.1. The van der Waals surface area contributed by atoms with Gasteiger partial charge in [0.25, 0.3) is 0 Å². The van der Waals surface area contributed by atoms with Crippen LogP contribution in [0.2, 0.25) is 0 Å². The minimum atomic E-state index is 0.205. The van der Waals surface area contributed by atoms with Crippen LogP contribution in [0.3, 0.4) is 0 Å². The van der Waals surface area contributed by atoms with E-state index in [-0.39, 0.29) is 11.8 Å². The van der Waals surface area contributed by atoms with Gasteiger partial charge in [-0.1, -0.05) is 24.3 Å².